The number of carbonyl (C=O) groups is 1. The van der Waals surface area contributed by atoms with Crippen molar-refractivity contribution in [2.45, 2.75) is 68.3 Å². The Hall–Kier alpha value is -3.87. The van der Waals surface area contributed by atoms with Crippen molar-refractivity contribution in [1.82, 2.24) is 4.98 Å². The minimum atomic E-state index is -2.62. The summed E-state index contributed by atoms with van der Waals surface area (Å²) in [6, 6.07) is 24.7. The SMILES string of the molecule is O=C(Oc1c(CO)[nH]c2ccc3cc4ccccc4cc3c12)[C@@H]1O[C@@](O)([C@]2(O)CC[C@H](O)C2)[C@H](O)[C@H]1OCc1ccccc1. The molecule has 6 atom stereocenters. The van der Waals surface area contributed by atoms with E-state index in [4.69, 9.17) is 14.2 Å². The van der Waals surface area contributed by atoms with Gasteiger partial charge >= 0.3 is 5.97 Å². The molecule has 6 N–H and O–H groups in total. The molecule has 2 aliphatic rings. The summed E-state index contributed by atoms with van der Waals surface area (Å²) in [7, 11) is 0. The van der Waals surface area contributed by atoms with Crippen LogP contribution in [0, 0.1) is 0 Å². The molecule has 4 aromatic carbocycles. The highest BCUT2D eigenvalue weighted by Gasteiger charge is 2.68. The molecule has 1 aliphatic carbocycles. The van der Waals surface area contributed by atoms with Crippen LogP contribution >= 0.6 is 0 Å². The van der Waals surface area contributed by atoms with Crippen molar-refractivity contribution < 1.29 is 44.5 Å². The maximum Gasteiger partial charge on any atom is 0.343 e. The lowest BCUT2D eigenvalue weighted by Crippen LogP contribution is -2.60. The molecule has 1 saturated carbocycles. The van der Waals surface area contributed by atoms with Gasteiger partial charge in [-0.25, -0.2) is 4.79 Å². The number of hydrogen-bond acceptors (Lipinski definition) is 9. The van der Waals surface area contributed by atoms with E-state index in [-0.39, 0.29) is 37.3 Å². The molecule has 0 spiro atoms. The highest BCUT2D eigenvalue weighted by atomic mass is 16.7. The van der Waals surface area contributed by atoms with E-state index in [9.17, 15) is 30.3 Å². The minimum absolute atomic E-state index is 0.0282. The first kappa shape index (κ1) is 28.9. The zero-order valence-corrected chi connectivity index (χ0v) is 23.7. The maximum absolute atomic E-state index is 13.9. The number of hydrogen-bond donors (Lipinski definition) is 6. The number of aromatic amines is 1. The number of fused-ring (bicyclic) bond motifs is 4. The van der Waals surface area contributed by atoms with Gasteiger partial charge in [0, 0.05) is 6.42 Å². The Morgan fingerprint density at radius 1 is 0.955 bits per heavy atom. The van der Waals surface area contributed by atoms with Crippen molar-refractivity contribution in [3.8, 4) is 5.75 Å². The number of H-pyrrole nitrogens is 1. The predicted octanol–water partition coefficient (Wildman–Crippen LogP) is 3.18. The smallest absolute Gasteiger partial charge is 0.343 e. The minimum Gasteiger partial charge on any atom is -0.422 e. The second-order valence-corrected chi connectivity index (χ2v) is 11.8. The zero-order chi connectivity index (χ0) is 30.6. The van der Waals surface area contributed by atoms with E-state index in [0.29, 0.717) is 10.9 Å². The standard InChI is InChI=1S/C34H33NO9/c36-17-26-28(27-24-15-21-9-5-4-8-20(21)14-22(24)10-11-25(27)35-26)43-32(39)30-29(42-18-19-6-2-1-3-7-19)31(38)34(41,44-30)33(40)13-12-23(37)16-33/h1-11,14-15,23,29-31,35-38,40-41H,12-13,16-18H2/t23-,29-,30+,31+,33-,34+/m0/s1. The van der Waals surface area contributed by atoms with Crippen LogP contribution in [0.1, 0.15) is 30.5 Å². The maximum atomic E-state index is 13.9. The van der Waals surface area contributed by atoms with Crippen molar-refractivity contribution >= 4 is 38.4 Å². The number of benzene rings is 4. The molecule has 1 aliphatic heterocycles. The predicted molar refractivity (Wildman–Crippen MR) is 161 cm³/mol. The summed E-state index contributed by atoms with van der Waals surface area (Å²) >= 11 is 0. The quantitative estimate of drug-likeness (QED) is 0.122. The molecule has 0 amide bonds. The van der Waals surface area contributed by atoms with Gasteiger partial charge in [0.25, 0.3) is 0 Å². The molecule has 2 fully saturated rings. The number of aromatic nitrogens is 1. The highest BCUT2D eigenvalue weighted by Crippen LogP contribution is 2.47. The number of carbonyl (C=O) groups excluding carboxylic acids is 1. The van der Waals surface area contributed by atoms with Crippen molar-refractivity contribution in [3.63, 3.8) is 0 Å². The van der Waals surface area contributed by atoms with E-state index < -0.39 is 48.4 Å². The Balaban J connectivity index is 1.27. The van der Waals surface area contributed by atoms with Gasteiger partial charge in [-0.3, -0.25) is 0 Å². The normalized spacial score (nSPS) is 28.8. The van der Waals surface area contributed by atoms with E-state index in [1.807, 2.05) is 66.7 Å². The zero-order valence-electron chi connectivity index (χ0n) is 23.7. The Labute approximate surface area is 252 Å². The van der Waals surface area contributed by atoms with Crippen molar-refractivity contribution in [3.05, 3.63) is 90.1 Å². The molecular weight excluding hydrogens is 566 g/mol. The number of rotatable bonds is 7. The number of aliphatic hydroxyl groups excluding tert-OH is 3. The Kier molecular flexibility index (Phi) is 7.18. The first-order chi connectivity index (χ1) is 21.2. The fourth-order valence-corrected chi connectivity index (χ4v) is 6.67. The molecule has 228 valence electrons. The summed E-state index contributed by atoms with van der Waals surface area (Å²) in [5.74, 6) is -3.53. The third kappa shape index (κ3) is 4.67. The van der Waals surface area contributed by atoms with E-state index in [1.54, 1.807) is 12.1 Å². The lowest BCUT2D eigenvalue weighted by atomic mass is 9.86. The van der Waals surface area contributed by atoms with Gasteiger partial charge in [0.05, 0.1) is 35.9 Å². The van der Waals surface area contributed by atoms with Crippen LogP contribution in [0.15, 0.2) is 78.9 Å². The summed E-state index contributed by atoms with van der Waals surface area (Å²) in [6.07, 6.45) is -6.01. The van der Waals surface area contributed by atoms with Gasteiger partial charge < -0.3 is 44.7 Å². The first-order valence-electron chi connectivity index (χ1n) is 14.6. The Morgan fingerprint density at radius 3 is 2.39 bits per heavy atom. The second kappa shape index (κ2) is 10.9. The van der Waals surface area contributed by atoms with Gasteiger partial charge in [0.2, 0.25) is 5.79 Å². The summed E-state index contributed by atoms with van der Waals surface area (Å²) in [5, 5.41) is 58.9. The molecular formula is C34H33NO9. The Morgan fingerprint density at radius 2 is 1.68 bits per heavy atom. The van der Waals surface area contributed by atoms with Crippen LogP contribution in [0.3, 0.4) is 0 Å². The average molecular weight is 600 g/mol. The molecule has 1 saturated heterocycles. The van der Waals surface area contributed by atoms with Gasteiger partial charge in [0.15, 0.2) is 11.9 Å². The third-order valence-electron chi connectivity index (χ3n) is 9.00. The van der Waals surface area contributed by atoms with Crippen LogP contribution in [0.5, 0.6) is 5.75 Å². The van der Waals surface area contributed by atoms with Crippen LogP contribution < -0.4 is 4.74 Å². The number of ether oxygens (including phenoxy) is 3. The summed E-state index contributed by atoms with van der Waals surface area (Å²) in [4.78, 5) is 17.1. The summed E-state index contributed by atoms with van der Waals surface area (Å²) in [5.41, 5.74) is -0.407. The molecule has 0 bridgehead atoms. The highest BCUT2D eigenvalue weighted by molar-refractivity contribution is 6.14. The van der Waals surface area contributed by atoms with Gasteiger partial charge in [-0.1, -0.05) is 60.7 Å². The molecule has 2 heterocycles. The fourth-order valence-electron chi connectivity index (χ4n) is 6.67. The van der Waals surface area contributed by atoms with Crippen molar-refractivity contribution in [2.24, 2.45) is 0 Å². The summed E-state index contributed by atoms with van der Waals surface area (Å²) in [6.45, 7) is -0.491. The van der Waals surface area contributed by atoms with Gasteiger partial charge in [-0.2, -0.15) is 0 Å². The van der Waals surface area contributed by atoms with E-state index in [1.165, 1.54) is 0 Å². The molecule has 10 nitrogen and oxygen atoms in total. The van der Waals surface area contributed by atoms with Crippen LogP contribution in [-0.4, -0.2) is 72.3 Å². The molecule has 10 heteroatoms. The van der Waals surface area contributed by atoms with Crippen molar-refractivity contribution in [1.29, 1.82) is 0 Å². The fraction of sp³-hybridized carbons (Fsp3) is 0.324. The molecule has 1 aromatic heterocycles. The van der Waals surface area contributed by atoms with Crippen molar-refractivity contribution in [2.75, 3.05) is 0 Å². The lowest BCUT2D eigenvalue weighted by molar-refractivity contribution is -0.314. The van der Waals surface area contributed by atoms with E-state index >= 15 is 0 Å². The van der Waals surface area contributed by atoms with Gasteiger partial charge in [0.1, 0.15) is 17.8 Å². The lowest BCUT2D eigenvalue weighted by Gasteiger charge is -2.39. The van der Waals surface area contributed by atoms with Crippen LogP contribution in [0.2, 0.25) is 0 Å². The number of esters is 1. The number of nitrogens with one attached hydrogen (secondary N) is 1. The average Bonchev–Trinajstić information content (AvgIpc) is 3.67. The molecule has 44 heavy (non-hydrogen) atoms. The van der Waals surface area contributed by atoms with E-state index in [2.05, 4.69) is 4.98 Å². The number of aliphatic hydroxyl groups is 5. The topological polar surface area (TPSA) is 162 Å². The molecule has 0 unspecified atom stereocenters. The second-order valence-electron chi connectivity index (χ2n) is 11.8. The monoisotopic (exact) mass is 599 g/mol. The van der Waals surface area contributed by atoms with Crippen LogP contribution in [-0.2, 0) is 27.5 Å². The largest absolute Gasteiger partial charge is 0.422 e. The third-order valence-corrected chi connectivity index (χ3v) is 9.00. The first-order valence-corrected chi connectivity index (χ1v) is 14.6. The Bertz CT molecular complexity index is 1860. The van der Waals surface area contributed by atoms with Crippen LogP contribution in [0.4, 0.5) is 0 Å². The van der Waals surface area contributed by atoms with Gasteiger partial charge in [-0.05, 0) is 58.1 Å². The van der Waals surface area contributed by atoms with E-state index in [0.717, 1.165) is 27.1 Å². The molecule has 0 radical (unpaired) electrons. The van der Waals surface area contributed by atoms with Crippen LogP contribution in [0.25, 0.3) is 32.4 Å². The molecule has 5 aromatic rings. The van der Waals surface area contributed by atoms with Gasteiger partial charge in [-0.15, -0.1) is 0 Å². The molecule has 7 rings (SSSR count). The summed E-state index contributed by atoms with van der Waals surface area (Å²) < 4.78 is 17.7.